The molecule has 0 radical (unpaired) electrons. The van der Waals surface area contributed by atoms with Gasteiger partial charge in [0, 0.05) is 0 Å². The third kappa shape index (κ3) is 3.32. The number of rotatable bonds is 5. The van der Waals surface area contributed by atoms with E-state index in [0.29, 0.717) is 5.75 Å². The summed E-state index contributed by atoms with van der Waals surface area (Å²) in [6, 6.07) is 50.7. The van der Waals surface area contributed by atoms with Crippen molar-refractivity contribution in [1.29, 1.82) is 0 Å². The van der Waals surface area contributed by atoms with Crippen LogP contribution in [0.15, 0.2) is 146 Å². The maximum atomic E-state index is 11.5. The van der Waals surface area contributed by atoms with Crippen molar-refractivity contribution in [1.82, 2.24) is 0 Å². The molecule has 1 nitrogen and oxygen atoms in total. The maximum absolute atomic E-state index is 11.5. The van der Waals surface area contributed by atoms with Gasteiger partial charge in [-0.3, -0.25) is 0 Å². The first-order valence-electron chi connectivity index (χ1n) is 10.8. The molecule has 5 aromatic rings. The standard InChI is InChI=1S/C30H25OP.HI/c31-29-23-13-14-24-30(29)32(25-15-5-1-6-16-25,26-17-7-2-8-18-26,27-19-9-3-10-20-27)28-21-11-4-12-22-28;/h1-24,31H;1H. The Balaban J connectivity index is 0.00000259. The summed E-state index contributed by atoms with van der Waals surface area (Å²) in [6.07, 6.45) is 0. The van der Waals surface area contributed by atoms with Crippen LogP contribution in [0.25, 0.3) is 0 Å². The zero-order valence-electron chi connectivity index (χ0n) is 18.2. The van der Waals surface area contributed by atoms with Gasteiger partial charge in [-0.2, -0.15) is 0 Å². The monoisotopic (exact) mass is 560 g/mol. The topological polar surface area (TPSA) is 20.2 Å². The van der Waals surface area contributed by atoms with E-state index in [2.05, 4.69) is 127 Å². The number of phenolic OH excluding ortho intramolecular Hbond substituents is 1. The van der Waals surface area contributed by atoms with Crippen molar-refractivity contribution in [2.24, 2.45) is 0 Å². The van der Waals surface area contributed by atoms with Gasteiger partial charge in [0.2, 0.25) is 0 Å². The SMILES string of the molecule is I.Oc1ccccc1P(c1ccccc1)(c1ccccc1)(c1ccccc1)c1ccccc1. The van der Waals surface area contributed by atoms with Gasteiger partial charge in [-0.05, 0) is 0 Å². The van der Waals surface area contributed by atoms with E-state index in [4.69, 9.17) is 0 Å². The Morgan fingerprint density at radius 3 is 0.939 bits per heavy atom. The minimum atomic E-state index is -3.56. The molecule has 0 fully saturated rings. The third-order valence-electron chi connectivity index (χ3n) is 6.45. The van der Waals surface area contributed by atoms with Crippen molar-refractivity contribution in [3.05, 3.63) is 146 Å². The second-order valence-electron chi connectivity index (χ2n) is 7.95. The summed E-state index contributed by atoms with van der Waals surface area (Å²) < 4.78 is 0. The number of phenols is 1. The molecule has 5 rings (SSSR count). The van der Waals surface area contributed by atoms with Crippen molar-refractivity contribution < 1.29 is 5.11 Å². The average Bonchev–Trinajstić information content (AvgIpc) is 2.89. The summed E-state index contributed by atoms with van der Waals surface area (Å²) in [6.45, 7) is -3.56. The van der Waals surface area contributed by atoms with Crippen LogP contribution in [-0.2, 0) is 0 Å². The molecule has 0 unspecified atom stereocenters. The molecule has 0 atom stereocenters. The first kappa shape index (κ1) is 23.2. The molecule has 1 N–H and O–H groups in total. The van der Waals surface area contributed by atoms with E-state index in [1.807, 2.05) is 18.2 Å². The molecule has 0 spiro atoms. The van der Waals surface area contributed by atoms with Gasteiger partial charge in [-0.15, -0.1) is 24.0 Å². The van der Waals surface area contributed by atoms with Crippen LogP contribution in [0.1, 0.15) is 0 Å². The van der Waals surface area contributed by atoms with E-state index in [-0.39, 0.29) is 24.0 Å². The number of aromatic hydroxyl groups is 1. The number of hydrogen-bond donors (Lipinski definition) is 1. The molecule has 3 heteroatoms. The molecule has 0 aliphatic carbocycles. The molecule has 0 aromatic heterocycles. The van der Waals surface area contributed by atoms with Crippen molar-refractivity contribution in [2.75, 3.05) is 0 Å². The van der Waals surface area contributed by atoms with Gasteiger partial charge >= 0.3 is 190 Å². The van der Waals surface area contributed by atoms with E-state index in [9.17, 15) is 5.11 Å². The van der Waals surface area contributed by atoms with E-state index in [1.165, 1.54) is 21.2 Å². The van der Waals surface area contributed by atoms with Crippen LogP contribution in [0.2, 0.25) is 0 Å². The summed E-state index contributed by atoms with van der Waals surface area (Å²) in [5.41, 5.74) is 0. The molecule has 164 valence electrons. The van der Waals surface area contributed by atoms with Crippen molar-refractivity contribution in [3.8, 4) is 5.75 Å². The van der Waals surface area contributed by atoms with Crippen molar-refractivity contribution in [3.63, 3.8) is 0 Å². The first-order chi connectivity index (χ1) is 15.8. The van der Waals surface area contributed by atoms with Crippen molar-refractivity contribution in [2.45, 2.75) is 0 Å². The molecule has 5 aromatic carbocycles. The van der Waals surface area contributed by atoms with Gasteiger partial charge in [0.05, 0.1) is 0 Å². The number of halogens is 1. The molecule has 0 aliphatic rings. The van der Waals surface area contributed by atoms with E-state index < -0.39 is 6.60 Å². The van der Waals surface area contributed by atoms with Gasteiger partial charge in [-0.1, -0.05) is 0 Å². The first-order valence-corrected chi connectivity index (χ1v) is 13.0. The van der Waals surface area contributed by atoms with E-state index >= 15 is 0 Å². The van der Waals surface area contributed by atoms with Gasteiger partial charge in [0.15, 0.2) is 0 Å². The normalized spacial score (nSPS) is 12.2. The number of benzene rings is 5. The van der Waals surface area contributed by atoms with Crippen LogP contribution in [-0.4, -0.2) is 5.11 Å². The third-order valence-corrected chi connectivity index (χ3v) is 13.1. The number of hydrogen-bond acceptors (Lipinski definition) is 1. The van der Waals surface area contributed by atoms with Gasteiger partial charge in [0.1, 0.15) is 0 Å². The molecular formula is C30H26IOP. The summed E-state index contributed by atoms with van der Waals surface area (Å²) in [5.74, 6) is 0.311. The summed E-state index contributed by atoms with van der Waals surface area (Å²) >= 11 is 0. The summed E-state index contributed by atoms with van der Waals surface area (Å²) in [5, 5.41) is 17.2. The predicted octanol–water partition coefficient (Wildman–Crippen LogP) is 5.49. The Labute approximate surface area is 212 Å². The molecule has 33 heavy (non-hydrogen) atoms. The second-order valence-corrected chi connectivity index (χ2v) is 12.7. The fraction of sp³-hybridized carbons (Fsp3) is 0. The van der Waals surface area contributed by atoms with Crippen LogP contribution in [0.5, 0.6) is 5.75 Å². The zero-order chi connectivity index (χ0) is 21.9. The van der Waals surface area contributed by atoms with Crippen LogP contribution >= 0.6 is 30.6 Å². The fourth-order valence-electron chi connectivity index (χ4n) is 5.20. The van der Waals surface area contributed by atoms with E-state index in [0.717, 1.165) is 5.30 Å². The Morgan fingerprint density at radius 2 is 0.636 bits per heavy atom. The fourth-order valence-corrected chi connectivity index (χ4v) is 12.1. The minimum absolute atomic E-state index is 0. The molecule has 0 heterocycles. The van der Waals surface area contributed by atoms with Crippen LogP contribution in [0.4, 0.5) is 0 Å². The van der Waals surface area contributed by atoms with Crippen LogP contribution in [0, 0.1) is 0 Å². The number of para-hydroxylation sites is 1. The Kier molecular flexibility index (Phi) is 6.69. The summed E-state index contributed by atoms with van der Waals surface area (Å²) in [7, 11) is 0. The van der Waals surface area contributed by atoms with Gasteiger partial charge < -0.3 is 0 Å². The molecule has 0 saturated carbocycles. The second kappa shape index (κ2) is 9.51. The Bertz CT molecular complexity index is 1150. The molecular weight excluding hydrogens is 534 g/mol. The van der Waals surface area contributed by atoms with Gasteiger partial charge in [0.25, 0.3) is 0 Å². The van der Waals surface area contributed by atoms with Crippen LogP contribution < -0.4 is 26.5 Å². The average molecular weight is 560 g/mol. The quantitative estimate of drug-likeness (QED) is 0.223. The Hall–Kier alpha value is -2.94. The summed E-state index contributed by atoms with van der Waals surface area (Å²) in [4.78, 5) is 0. The predicted molar refractivity (Wildman–Crippen MR) is 154 cm³/mol. The zero-order valence-corrected chi connectivity index (χ0v) is 21.4. The Morgan fingerprint density at radius 1 is 0.364 bits per heavy atom. The molecule has 0 bridgehead atoms. The van der Waals surface area contributed by atoms with Crippen LogP contribution in [0.3, 0.4) is 0 Å². The molecule has 0 aliphatic heterocycles. The van der Waals surface area contributed by atoms with E-state index in [1.54, 1.807) is 0 Å². The van der Waals surface area contributed by atoms with Gasteiger partial charge in [-0.25, -0.2) is 0 Å². The molecule has 0 saturated heterocycles. The molecule has 0 amide bonds. The van der Waals surface area contributed by atoms with Crippen molar-refractivity contribution >= 4 is 57.1 Å².